The number of benzene rings is 2. The summed E-state index contributed by atoms with van der Waals surface area (Å²) >= 11 is 3.47. The van der Waals surface area contributed by atoms with Gasteiger partial charge in [0.2, 0.25) is 5.91 Å². The maximum absolute atomic E-state index is 14.3. The minimum atomic E-state index is -0.758. The molecule has 0 aliphatic carbocycles. The molecule has 2 aliphatic rings. The van der Waals surface area contributed by atoms with Crippen LogP contribution in [0.1, 0.15) is 64.5 Å². The highest BCUT2D eigenvalue weighted by atomic mass is 79.9. The molecule has 2 aromatic carbocycles. The van der Waals surface area contributed by atoms with Crippen LogP contribution in [-0.4, -0.2) is 57.7 Å². The van der Waals surface area contributed by atoms with E-state index in [0.717, 1.165) is 15.6 Å². The quantitative estimate of drug-likeness (QED) is 0.421. The van der Waals surface area contributed by atoms with Gasteiger partial charge in [-0.15, -0.1) is 0 Å². The van der Waals surface area contributed by atoms with Crippen LogP contribution in [0.25, 0.3) is 0 Å². The summed E-state index contributed by atoms with van der Waals surface area (Å²) in [5, 5.41) is 0. The molecule has 37 heavy (non-hydrogen) atoms. The van der Waals surface area contributed by atoms with Gasteiger partial charge in [-0.3, -0.25) is 9.69 Å². The third kappa shape index (κ3) is 6.00. The topological polar surface area (TPSA) is 76.2 Å². The number of carbonyl (C=O) groups is 3. The lowest BCUT2D eigenvalue weighted by atomic mass is 9.88. The molecule has 0 saturated carbocycles. The van der Waals surface area contributed by atoms with E-state index in [-0.39, 0.29) is 12.5 Å². The second-order valence-electron chi connectivity index (χ2n) is 11.4. The van der Waals surface area contributed by atoms with Crippen LogP contribution in [0.2, 0.25) is 0 Å². The molecule has 3 atom stereocenters. The average Bonchev–Trinajstić information content (AvgIpc) is 3.33. The Bertz CT molecular complexity index is 1140. The van der Waals surface area contributed by atoms with Crippen LogP contribution < -0.4 is 0 Å². The molecule has 0 spiro atoms. The van der Waals surface area contributed by atoms with Crippen molar-refractivity contribution in [1.82, 2.24) is 9.80 Å². The zero-order valence-corrected chi connectivity index (χ0v) is 23.7. The molecule has 2 heterocycles. The molecular formula is C29H35BrN2O5. The Hall–Kier alpha value is -2.87. The number of cyclic esters (lactones) is 1. The number of hydrogen-bond donors (Lipinski definition) is 0. The summed E-state index contributed by atoms with van der Waals surface area (Å²) in [5.41, 5.74) is 0.552. The van der Waals surface area contributed by atoms with E-state index >= 15 is 0 Å². The molecule has 1 unspecified atom stereocenters. The normalized spacial score (nSPS) is 22.1. The van der Waals surface area contributed by atoms with Crippen LogP contribution in [0.4, 0.5) is 9.59 Å². The Kier molecular flexibility index (Phi) is 7.70. The van der Waals surface area contributed by atoms with Gasteiger partial charge in [-0.1, -0.05) is 58.4 Å². The lowest BCUT2D eigenvalue weighted by molar-refractivity contribution is -0.132. The van der Waals surface area contributed by atoms with Gasteiger partial charge in [-0.25, -0.2) is 14.5 Å². The first kappa shape index (κ1) is 27.2. The van der Waals surface area contributed by atoms with Gasteiger partial charge >= 0.3 is 12.2 Å². The van der Waals surface area contributed by atoms with Crippen molar-refractivity contribution in [2.24, 2.45) is 0 Å². The third-order valence-electron chi connectivity index (χ3n) is 7.02. The fourth-order valence-corrected chi connectivity index (χ4v) is 5.59. The lowest BCUT2D eigenvalue weighted by Gasteiger charge is -2.40. The summed E-state index contributed by atoms with van der Waals surface area (Å²) in [5.74, 6) is -1.12. The van der Waals surface area contributed by atoms with Crippen molar-refractivity contribution in [3.63, 3.8) is 0 Å². The summed E-state index contributed by atoms with van der Waals surface area (Å²) in [6.45, 7) is 9.60. The van der Waals surface area contributed by atoms with E-state index < -0.39 is 41.3 Å². The molecule has 2 aliphatic heterocycles. The van der Waals surface area contributed by atoms with Gasteiger partial charge < -0.3 is 9.47 Å². The van der Waals surface area contributed by atoms with E-state index in [1.165, 1.54) is 4.90 Å². The summed E-state index contributed by atoms with van der Waals surface area (Å²) in [6, 6.07) is 16.3. The van der Waals surface area contributed by atoms with Gasteiger partial charge in [0.05, 0.1) is 18.0 Å². The van der Waals surface area contributed by atoms with E-state index in [1.807, 2.05) is 89.2 Å². The molecule has 3 amide bonds. The van der Waals surface area contributed by atoms with Crippen molar-refractivity contribution < 1.29 is 23.9 Å². The maximum Gasteiger partial charge on any atom is 0.417 e. The van der Waals surface area contributed by atoms with E-state index in [2.05, 4.69) is 15.9 Å². The average molecular weight is 572 g/mol. The number of amides is 3. The van der Waals surface area contributed by atoms with Gasteiger partial charge in [-0.05, 0) is 77.1 Å². The van der Waals surface area contributed by atoms with Gasteiger partial charge in [-0.2, -0.15) is 0 Å². The van der Waals surface area contributed by atoms with Crippen molar-refractivity contribution in [3.05, 3.63) is 70.2 Å². The van der Waals surface area contributed by atoms with Crippen LogP contribution in [0, 0.1) is 0 Å². The Balaban J connectivity index is 1.73. The molecule has 0 N–H and O–H groups in total. The number of carbonyl (C=O) groups excluding carboxylic acids is 3. The highest BCUT2D eigenvalue weighted by molar-refractivity contribution is 9.10. The number of rotatable bonds is 5. The fourth-order valence-electron chi connectivity index (χ4n) is 5.33. The largest absolute Gasteiger partial charge is 0.447 e. The Morgan fingerprint density at radius 3 is 2.38 bits per heavy atom. The standard InChI is InChI=1S/C29H35BrN2O5/c1-28(2,3)37-27(35)32-23(15-16-29(32,4)5)24(20-11-13-21(30)14-12-20)25(33)31-22(18-36-26(31)34)17-19-9-7-6-8-10-19/h6-14,22-24H,15-18H2,1-5H3/t22-,23?,24+/m1/s1. The molecule has 0 bridgehead atoms. The molecule has 2 aromatic rings. The Labute approximate surface area is 227 Å². The Morgan fingerprint density at radius 1 is 1.11 bits per heavy atom. The number of likely N-dealkylation sites (tertiary alicyclic amines) is 1. The van der Waals surface area contributed by atoms with E-state index in [4.69, 9.17) is 9.47 Å². The van der Waals surface area contributed by atoms with Crippen molar-refractivity contribution in [2.75, 3.05) is 6.61 Å². The summed E-state index contributed by atoms with van der Waals surface area (Å²) in [6.07, 6.45) is 0.700. The van der Waals surface area contributed by atoms with E-state index in [9.17, 15) is 14.4 Å². The van der Waals surface area contributed by atoms with Crippen molar-refractivity contribution in [3.8, 4) is 0 Å². The second-order valence-corrected chi connectivity index (χ2v) is 12.3. The number of hydrogen-bond acceptors (Lipinski definition) is 5. The lowest BCUT2D eigenvalue weighted by Crippen LogP contribution is -2.54. The number of nitrogens with zero attached hydrogens (tertiary/aromatic N) is 2. The van der Waals surface area contributed by atoms with Crippen LogP contribution in [-0.2, 0) is 20.7 Å². The first-order valence-corrected chi connectivity index (χ1v) is 13.5. The highest BCUT2D eigenvalue weighted by Crippen LogP contribution is 2.43. The molecule has 8 heteroatoms. The summed E-state index contributed by atoms with van der Waals surface area (Å²) in [7, 11) is 0. The molecular weight excluding hydrogens is 536 g/mol. The zero-order chi connectivity index (χ0) is 27.0. The highest BCUT2D eigenvalue weighted by Gasteiger charge is 2.52. The molecule has 2 saturated heterocycles. The van der Waals surface area contributed by atoms with Crippen molar-refractivity contribution >= 4 is 34.0 Å². The number of ether oxygens (including phenoxy) is 2. The van der Waals surface area contributed by atoms with Crippen LogP contribution in [0.3, 0.4) is 0 Å². The van der Waals surface area contributed by atoms with Crippen LogP contribution in [0.5, 0.6) is 0 Å². The Morgan fingerprint density at radius 2 is 1.76 bits per heavy atom. The number of imide groups is 1. The van der Waals surface area contributed by atoms with Crippen LogP contribution >= 0.6 is 15.9 Å². The maximum atomic E-state index is 14.3. The summed E-state index contributed by atoms with van der Waals surface area (Å²) < 4.78 is 12.0. The minimum Gasteiger partial charge on any atom is -0.447 e. The van der Waals surface area contributed by atoms with Gasteiger partial charge in [0.25, 0.3) is 0 Å². The molecule has 198 valence electrons. The predicted octanol–water partition coefficient (Wildman–Crippen LogP) is 6.30. The monoisotopic (exact) mass is 570 g/mol. The third-order valence-corrected chi connectivity index (χ3v) is 7.55. The molecule has 7 nitrogen and oxygen atoms in total. The molecule has 0 radical (unpaired) electrons. The smallest absolute Gasteiger partial charge is 0.417 e. The van der Waals surface area contributed by atoms with Crippen LogP contribution in [0.15, 0.2) is 59.1 Å². The molecule has 2 fully saturated rings. The molecule has 4 rings (SSSR count). The minimum absolute atomic E-state index is 0.137. The SMILES string of the molecule is CC(C)(C)OC(=O)N1C([C@@H](C(=O)N2C(=O)OC[C@H]2Cc2ccccc2)c2ccc(Br)cc2)CCC1(C)C. The predicted molar refractivity (Wildman–Crippen MR) is 144 cm³/mol. The fraction of sp³-hybridized carbons (Fsp3) is 0.483. The van der Waals surface area contributed by atoms with E-state index in [1.54, 1.807) is 4.90 Å². The first-order chi connectivity index (χ1) is 17.4. The molecule has 0 aromatic heterocycles. The second kappa shape index (κ2) is 10.5. The zero-order valence-electron chi connectivity index (χ0n) is 22.1. The van der Waals surface area contributed by atoms with Gasteiger partial charge in [0, 0.05) is 10.0 Å². The van der Waals surface area contributed by atoms with Crippen molar-refractivity contribution in [1.29, 1.82) is 0 Å². The van der Waals surface area contributed by atoms with Gasteiger partial charge in [0.1, 0.15) is 12.2 Å². The van der Waals surface area contributed by atoms with E-state index in [0.29, 0.717) is 19.3 Å². The van der Waals surface area contributed by atoms with Gasteiger partial charge in [0.15, 0.2) is 0 Å². The van der Waals surface area contributed by atoms with Crippen molar-refractivity contribution in [2.45, 2.75) is 83.0 Å². The number of halogens is 1. The first-order valence-electron chi connectivity index (χ1n) is 12.7. The summed E-state index contributed by atoms with van der Waals surface area (Å²) in [4.78, 5) is 43.7.